The Kier molecular flexibility index (Phi) is 8.05. The Morgan fingerprint density at radius 1 is 1.20 bits per heavy atom. The molecule has 0 fully saturated rings. The summed E-state index contributed by atoms with van der Waals surface area (Å²) in [5, 5.41) is 0. The van der Waals surface area contributed by atoms with Gasteiger partial charge in [0.25, 0.3) is 0 Å². The summed E-state index contributed by atoms with van der Waals surface area (Å²) in [6, 6.07) is 8.42. The molecule has 110 valence electrons. The average Bonchev–Trinajstić information content (AvgIpc) is 2.81. The standard InChI is InChI=1S/C10H14O.C5H5.CH2.2ClH.Ti/c1-10(2,3)8-5-4-6-9(11)7-8;1-2-4-5-3-1;;;;/h4-7,11H,1-3H3;1-3H,4H2;1H2;2*1H;/q;;;;;+1/p-1. The van der Waals surface area contributed by atoms with Crippen molar-refractivity contribution in [2.75, 3.05) is 0 Å². The van der Waals surface area contributed by atoms with Gasteiger partial charge in [-0.3, -0.25) is 0 Å². The number of benzene rings is 1. The van der Waals surface area contributed by atoms with Crippen LogP contribution in [0.25, 0.3) is 0 Å². The van der Waals surface area contributed by atoms with E-state index >= 15 is 0 Å². The van der Waals surface area contributed by atoms with Crippen LogP contribution in [0.5, 0.6) is 5.75 Å². The van der Waals surface area contributed by atoms with Crippen LogP contribution >= 0.6 is 24.8 Å². The molecule has 0 atom stereocenters. The molecule has 0 unspecified atom stereocenters. The van der Waals surface area contributed by atoms with Gasteiger partial charge in [0.15, 0.2) is 0 Å². The average molecular weight is 349 g/mol. The second-order valence-electron chi connectivity index (χ2n) is 5.63. The van der Waals surface area contributed by atoms with E-state index in [0.29, 0.717) is 0 Å². The van der Waals surface area contributed by atoms with E-state index in [1.807, 2.05) is 6.07 Å². The fourth-order valence-corrected chi connectivity index (χ4v) is 3.72. The van der Waals surface area contributed by atoms with Crippen LogP contribution in [-0.2, 0) is 23.2 Å². The van der Waals surface area contributed by atoms with Gasteiger partial charge < -0.3 is 0 Å². The number of halogens is 2. The van der Waals surface area contributed by atoms with Gasteiger partial charge in [0.2, 0.25) is 0 Å². The van der Waals surface area contributed by atoms with Gasteiger partial charge in [0.1, 0.15) is 0 Å². The van der Waals surface area contributed by atoms with Crippen LogP contribution in [0.15, 0.2) is 46.4 Å². The van der Waals surface area contributed by atoms with Crippen LogP contribution in [0.4, 0.5) is 0 Å². The van der Waals surface area contributed by atoms with Gasteiger partial charge in [-0.1, -0.05) is 0 Å². The van der Waals surface area contributed by atoms with Gasteiger partial charge in [0.05, 0.1) is 0 Å². The molecule has 0 saturated heterocycles. The first-order chi connectivity index (χ1) is 8.47. The minimum absolute atomic E-state index is 0. The van der Waals surface area contributed by atoms with E-state index in [9.17, 15) is 0 Å². The van der Waals surface area contributed by atoms with Crippen LogP contribution in [0.1, 0.15) is 32.8 Å². The summed E-state index contributed by atoms with van der Waals surface area (Å²) in [5.74, 6) is 0.972. The molecule has 0 N–H and O–H groups in total. The SMILES string of the molecule is Cl.Cl.[CH2]=[Ti]([O]c1cccc(C(C)(C)C)c1)[C]1=CC=CC1. The van der Waals surface area contributed by atoms with Crippen LogP contribution in [0.3, 0.4) is 0 Å². The van der Waals surface area contributed by atoms with Crippen molar-refractivity contribution in [3.8, 4) is 5.75 Å². The van der Waals surface area contributed by atoms with E-state index in [1.165, 1.54) is 9.44 Å². The van der Waals surface area contributed by atoms with Crippen molar-refractivity contribution in [1.82, 2.24) is 0 Å². The zero-order valence-corrected chi connectivity index (χ0v) is 15.4. The van der Waals surface area contributed by atoms with Crippen LogP contribution < -0.4 is 3.32 Å². The molecule has 1 aliphatic rings. The van der Waals surface area contributed by atoms with Gasteiger partial charge in [0, 0.05) is 0 Å². The zero-order chi connectivity index (χ0) is 13.2. The molecule has 0 aliphatic heterocycles. The molecule has 2 rings (SSSR count). The van der Waals surface area contributed by atoms with Crippen LogP contribution in [-0.4, -0.2) is 4.82 Å². The summed E-state index contributed by atoms with van der Waals surface area (Å²) in [6.45, 7) is 6.66. The maximum absolute atomic E-state index is 6.08. The van der Waals surface area contributed by atoms with Gasteiger partial charge in [-0.05, 0) is 0 Å². The molecule has 1 aromatic rings. The van der Waals surface area contributed by atoms with E-state index in [2.05, 4.69) is 62.0 Å². The van der Waals surface area contributed by atoms with Crippen molar-refractivity contribution in [2.24, 2.45) is 0 Å². The van der Waals surface area contributed by atoms with Crippen LogP contribution in [0.2, 0.25) is 0 Å². The van der Waals surface area contributed by atoms with Crippen molar-refractivity contribution in [3.63, 3.8) is 0 Å². The van der Waals surface area contributed by atoms with E-state index in [1.54, 1.807) is 0 Å². The first-order valence-electron chi connectivity index (χ1n) is 6.30. The molecule has 0 radical (unpaired) electrons. The monoisotopic (exact) mass is 348 g/mol. The third-order valence-corrected chi connectivity index (χ3v) is 5.52. The van der Waals surface area contributed by atoms with Gasteiger partial charge >= 0.3 is 116 Å². The summed E-state index contributed by atoms with van der Waals surface area (Å²) in [5.41, 5.74) is 1.47. The van der Waals surface area contributed by atoms with Crippen molar-refractivity contribution in [1.29, 1.82) is 0 Å². The summed E-state index contributed by atoms with van der Waals surface area (Å²) in [4.78, 5) is 4.24. The summed E-state index contributed by atoms with van der Waals surface area (Å²) >= 11 is -1.79. The van der Waals surface area contributed by atoms with Gasteiger partial charge in [-0.2, -0.15) is 0 Å². The summed E-state index contributed by atoms with van der Waals surface area (Å²) in [6.07, 6.45) is 7.46. The molecule has 0 aromatic heterocycles. The molecule has 0 spiro atoms. The second kappa shape index (κ2) is 8.19. The molecule has 1 aliphatic carbocycles. The van der Waals surface area contributed by atoms with E-state index in [4.69, 9.17) is 3.32 Å². The van der Waals surface area contributed by atoms with Gasteiger partial charge in [-0.25, -0.2) is 0 Å². The Balaban J connectivity index is 0.00000180. The quantitative estimate of drug-likeness (QED) is 0.697. The van der Waals surface area contributed by atoms with Crippen molar-refractivity contribution in [2.45, 2.75) is 32.6 Å². The summed E-state index contributed by atoms with van der Waals surface area (Å²) < 4.78 is 7.48. The second-order valence-corrected chi connectivity index (χ2v) is 8.27. The number of rotatable bonds is 3. The molecular weight excluding hydrogens is 327 g/mol. The Morgan fingerprint density at radius 2 is 1.90 bits per heavy atom. The fourth-order valence-electron chi connectivity index (χ4n) is 1.89. The number of hydrogen-bond donors (Lipinski definition) is 0. The molecule has 0 amide bonds. The molecule has 0 heterocycles. The first-order valence-corrected chi connectivity index (χ1v) is 8.82. The Morgan fingerprint density at radius 3 is 2.45 bits per heavy atom. The van der Waals surface area contributed by atoms with Crippen molar-refractivity contribution in [3.05, 3.63) is 51.9 Å². The Hall–Kier alpha value is -0.336. The minimum atomic E-state index is -1.79. The number of allylic oxidation sites excluding steroid dienone is 4. The van der Waals surface area contributed by atoms with Crippen molar-refractivity contribution < 1.29 is 21.1 Å². The Bertz CT molecular complexity index is 528. The molecule has 0 saturated carbocycles. The van der Waals surface area contributed by atoms with E-state index in [0.717, 1.165) is 12.2 Å². The topological polar surface area (TPSA) is 9.23 Å². The zero-order valence-electron chi connectivity index (χ0n) is 12.2. The molecule has 1 aromatic carbocycles. The van der Waals surface area contributed by atoms with Crippen LogP contribution in [0, 0.1) is 0 Å². The third-order valence-electron chi connectivity index (χ3n) is 3.07. The normalized spacial score (nSPS) is 13.1. The maximum atomic E-state index is 6.08. The van der Waals surface area contributed by atoms with Crippen molar-refractivity contribution >= 4 is 29.6 Å². The number of hydrogen-bond acceptors (Lipinski definition) is 1. The molecule has 1 nitrogen and oxygen atoms in total. The predicted molar refractivity (Wildman–Crippen MR) is 89.2 cm³/mol. The fraction of sp³-hybridized carbons (Fsp3) is 0.312. The van der Waals surface area contributed by atoms with Gasteiger partial charge in [-0.15, -0.1) is 24.8 Å². The Labute approximate surface area is 140 Å². The third kappa shape index (κ3) is 5.22. The molecule has 20 heavy (non-hydrogen) atoms. The predicted octanol–water partition coefficient (Wildman–Crippen LogP) is 5.02. The molecule has 4 heteroatoms. The van der Waals surface area contributed by atoms with E-state index < -0.39 is 17.8 Å². The van der Waals surface area contributed by atoms with E-state index in [-0.39, 0.29) is 30.2 Å². The molecular formula is C16H22Cl2OTi. The first kappa shape index (κ1) is 19.7. The molecule has 0 bridgehead atoms. The summed E-state index contributed by atoms with van der Waals surface area (Å²) in [7, 11) is 0.